The first-order chi connectivity index (χ1) is 12.3. The van der Waals surface area contributed by atoms with Crippen molar-refractivity contribution in [2.75, 3.05) is 7.11 Å². The fraction of sp³-hybridized carbons (Fsp3) is 0.0526. The van der Waals surface area contributed by atoms with Crippen LogP contribution in [0.3, 0.4) is 0 Å². The Balaban J connectivity index is 1.72. The van der Waals surface area contributed by atoms with Crippen molar-refractivity contribution in [1.82, 2.24) is 20.1 Å². The Morgan fingerprint density at radius 3 is 2.40 bits per heavy atom. The molecule has 3 heterocycles. The molecule has 6 nitrogen and oxygen atoms in total. The third-order valence-electron chi connectivity index (χ3n) is 3.72. The van der Waals surface area contributed by atoms with E-state index in [1.165, 1.54) is 0 Å². The zero-order valence-electron chi connectivity index (χ0n) is 13.5. The third-order valence-corrected chi connectivity index (χ3v) is 3.72. The molecule has 0 bridgehead atoms. The van der Waals surface area contributed by atoms with Crippen molar-refractivity contribution in [2.24, 2.45) is 0 Å². The summed E-state index contributed by atoms with van der Waals surface area (Å²) in [4.78, 5) is 13.0. The highest BCUT2D eigenvalue weighted by Crippen LogP contribution is 2.30. The topological polar surface area (TPSA) is 73.9 Å². The predicted molar refractivity (Wildman–Crippen MR) is 92.7 cm³/mol. The van der Waals surface area contributed by atoms with E-state index >= 15 is 0 Å². The van der Waals surface area contributed by atoms with Crippen LogP contribution >= 0.6 is 0 Å². The SMILES string of the molecule is COc1nc(-c2ccccc2)ccc1-c1noc(-c2ccncc2)n1. The molecule has 3 aromatic heterocycles. The molecule has 0 N–H and O–H groups in total. The van der Waals surface area contributed by atoms with E-state index in [1.54, 1.807) is 19.5 Å². The molecule has 0 aliphatic rings. The molecule has 0 unspecified atom stereocenters. The van der Waals surface area contributed by atoms with Crippen LogP contribution in [0.1, 0.15) is 0 Å². The van der Waals surface area contributed by atoms with Gasteiger partial charge < -0.3 is 9.26 Å². The molecule has 4 rings (SSSR count). The second-order valence-electron chi connectivity index (χ2n) is 5.28. The molecule has 122 valence electrons. The van der Waals surface area contributed by atoms with Gasteiger partial charge >= 0.3 is 0 Å². The summed E-state index contributed by atoms with van der Waals surface area (Å²) in [6.45, 7) is 0. The van der Waals surface area contributed by atoms with E-state index in [9.17, 15) is 0 Å². The minimum Gasteiger partial charge on any atom is -0.480 e. The maximum Gasteiger partial charge on any atom is 0.258 e. The Bertz CT molecular complexity index is 985. The lowest BCUT2D eigenvalue weighted by molar-refractivity contribution is 0.398. The molecule has 0 radical (unpaired) electrons. The second kappa shape index (κ2) is 6.52. The van der Waals surface area contributed by atoms with Gasteiger partial charge in [0.1, 0.15) is 0 Å². The maximum absolute atomic E-state index is 5.43. The zero-order chi connectivity index (χ0) is 17.1. The van der Waals surface area contributed by atoms with E-state index in [1.807, 2.05) is 54.6 Å². The highest BCUT2D eigenvalue weighted by molar-refractivity contribution is 5.68. The summed E-state index contributed by atoms with van der Waals surface area (Å²) in [7, 11) is 1.57. The first kappa shape index (κ1) is 15.0. The van der Waals surface area contributed by atoms with Gasteiger partial charge in [-0.3, -0.25) is 4.98 Å². The van der Waals surface area contributed by atoms with Gasteiger partial charge in [-0.2, -0.15) is 4.98 Å². The lowest BCUT2D eigenvalue weighted by Crippen LogP contribution is -1.95. The maximum atomic E-state index is 5.43. The Morgan fingerprint density at radius 2 is 1.64 bits per heavy atom. The molecule has 0 amide bonds. The predicted octanol–water partition coefficient (Wildman–Crippen LogP) is 3.87. The summed E-state index contributed by atoms with van der Waals surface area (Å²) in [5.74, 6) is 1.30. The van der Waals surface area contributed by atoms with Crippen LogP contribution in [-0.2, 0) is 0 Å². The zero-order valence-corrected chi connectivity index (χ0v) is 13.5. The van der Waals surface area contributed by atoms with Crippen molar-refractivity contribution in [3.05, 3.63) is 67.0 Å². The fourth-order valence-electron chi connectivity index (χ4n) is 2.48. The third kappa shape index (κ3) is 2.97. The highest BCUT2D eigenvalue weighted by Gasteiger charge is 2.16. The van der Waals surface area contributed by atoms with E-state index in [0.717, 1.165) is 16.8 Å². The standard InChI is InChI=1S/C19H14N4O2/c1-24-19-15(7-8-16(21-19)13-5-3-2-4-6-13)17-22-18(25-23-17)14-9-11-20-12-10-14/h2-12H,1H3. The highest BCUT2D eigenvalue weighted by atomic mass is 16.5. The van der Waals surface area contributed by atoms with Crippen molar-refractivity contribution in [3.8, 4) is 40.0 Å². The normalized spacial score (nSPS) is 10.6. The molecule has 1 aromatic carbocycles. The van der Waals surface area contributed by atoms with E-state index in [-0.39, 0.29) is 0 Å². The molecule has 6 heteroatoms. The van der Waals surface area contributed by atoms with Crippen molar-refractivity contribution >= 4 is 0 Å². The molecule has 0 aliphatic heterocycles. The number of nitrogens with zero attached hydrogens (tertiary/aromatic N) is 4. The average molecular weight is 330 g/mol. The second-order valence-corrected chi connectivity index (χ2v) is 5.28. The summed E-state index contributed by atoms with van der Waals surface area (Å²) >= 11 is 0. The van der Waals surface area contributed by atoms with Crippen molar-refractivity contribution in [3.63, 3.8) is 0 Å². The molecule has 0 fully saturated rings. The average Bonchev–Trinajstić information content (AvgIpc) is 3.19. The van der Waals surface area contributed by atoms with Gasteiger partial charge in [-0.15, -0.1) is 0 Å². The van der Waals surface area contributed by atoms with Crippen LogP contribution in [0.15, 0.2) is 71.5 Å². The Morgan fingerprint density at radius 1 is 0.840 bits per heavy atom. The number of rotatable bonds is 4. The number of hydrogen-bond donors (Lipinski definition) is 0. The van der Waals surface area contributed by atoms with Crippen LogP contribution in [0.5, 0.6) is 5.88 Å². The first-order valence-corrected chi connectivity index (χ1v) is 7.70. The van der Waals surface area contributed by atoms with Gasteiger partial charge in [0, 0.05) is 23.5 Å². The lowest BCUT2D eigenvalue weighted by atomic mass is 10.1. The van der Waals surface area contributed by atoms with E-state index in [2.05, 4.69) is 20.1 Å². The van der Waals surface area contributed by atoms with Gasteiger partial charge in [-0.1, -0.05) is 35.5 Å². The number of ether oxygens (including phenoxy) is 1. The monoisotopic (exact) mass is 330 g/mol. The molecule has 25 heavy (non-hydrogen) atoms. The van der Waals surface area contributed by atoms with Crippen LogP contribution < -0.4 is 4.74 Å². The fourth-order valence-corrected chi connectivity index (χ4v) is 2.48. The summed E-state index contributed by atoms with van der Waals surface area (Å²) in [5, 5.41) is 4.05. The van der Waals surface area contributed by atoms with Crippen molar-refractivity contribution < 1.29 is 9.26 Å². The molecular weight excluding hydrogens is 316 g/mol. The Kier molecular flexibility index (Phi) is 3.92. The molecule has 0 atom stereocenters. The van der Waals surface area contributed by atoms with Crippen LogP contribution in [0.4, 0.5) is 0 Å². The Hall–Kier alpha value is -3.54. The number of benzene rings is 1. The quantitative estimate of drug-likeness (QED) is 0.565. The van der Waals surface area contributed by atoms with Gasteiger partial charge in [0.05, 0.1) is 18.4 Å². The van der Waals surface area contributed by atoms with Gasteiger partial charge in [0.25, 0.3) is 5.89 Å². The largest absolute Gasteiger partial charge is 0.480 e. The van der Waals surface area contributed by atoms with Crippen molar-refractivity contribution in [1.29, 1.82) is 0 Å². The van der Waals surface area contributed by atoms with Crippen LogP contribution in [-0.4, -0.2) is 27.2 Å². The molecule has 0 spiro atoms. The number of methoxy groups -OCH3 is 1. The van der Waals surface area contributed by atoms with Crippen molar-refractivity contribution in [2.45, 2.75) is 0 Å². The molecule has 4 aromatic rings. The van der Waals surface area contributed by atoms with Gasteiger partial charge in [-0.05, 0) is 24.3 Å². The number of aromatic nitrogens is 4. The lowest BCUT2D eigenvalue weighted by Gasteiger charge is -2.07. The van der Waals surface area contributed by atoms with E-state index in [0.29, 0.717) is 23.2 Å². The number of pyridine rings is 2. The van der Waals surface area contributed by atoms with E-state index < -0.39 is 0 Å². The minimum absolute atomic E-state index is 0.423. The summed E-state index contributed by atoms with van der Waals surface area (Å²) in [6.07, 6.45) is 3.35. The van der Waals surface area contributed by atoms with Gasteiger partial charge in [0.2, 0.25) is 11.7 Å². The summed E-state index contributed by atoms with van der Waals surface area (Å²) in [6, 6.07) is 17.3. The minimum atomic E-state index is 0.423. The van der Waals surface area contributed by atoms with Crippen LogP contribution in [0, 0.1) is 0 Å². The smallest absolute Gasteiger partial charge is 0.258 e. The summed E-state index contributed by atoms with van der Waals surface area (Å²) in [5.41, 5.74) is 3.31. The van der Waals surface area contributed by atoms with Gasteiger partial charge in [-0.25, -0.2) is 4.98 Å². The van der Waals surface area contributed by atoms with Crippen LogP contribution in [0.2, 0.25) is 0 Å². The van der Waals surface area contributed by atoms with Gasteiger partial charge in [0.15, 0.2) is 0 Å². The van der Waals surface area contributed by atoms with Crippen LogP contribution in [0.25, 0.3) is 34.1 Å². The Labute approximate surface area is 144 Å². The molecular formula is C19H14N4O2. The van der Waals surface area contributed by atoms with E-state index in [4.69, 9.17) is 9.26 Å². The molecule has 0 aliphatic carbocycles. The number of hydrogen-bond acceptors (Lipinski definition) is 6. The molecule has 0 saturated carbocycles. The molecule has 0 saturated heterocycles. The summed E-state index contributed by atoms with van der Waals surface area (Å²) < 4.78 is 10.8. The first-order valence-electron chi connectivity index (χ1n) is 7.70.